The minimum atomic E-state index is 0.0463. The summed E-state index contributed by atoms with van der Waals surface area (Å²) >= 11 is 1.43. The molecule has 0 aliphatic rings. The van der Waals surface area contributed by atoms with Crippen molar-refractivity contribution in [2.45, 2.75) is 12.3 Å². The van der Waals surface area contributed by atoms with Crippen LogP contribution in [-0.2, 0) is 6.42 Å². The molecule has 6 nitrogen and oxygen atoms in total. The van der Waals surface area contributed by atoms with Gasteiger partial charge in [0.15, 0.2) is 5.13 Å². The molecule has 130 valence electrons. The highest BCUT2D eigenvalue weighted by molar-refractivity contribution is 7.13. The zero-order valence-electron chi connectivity index (χ0n) is 13.9. The number of nitrogens with two attached hydrogens (primary N) is 1. The van der Waals surface area contributed by atoms with Crippen LogP contribution in [0.3, 0.4) is 0 Å². The van der Waals surface area contributed by atoms with Crippen LogP contribution in [0.25, 0.3) is 5.82 Å². The lowest BCUT2D eigenvalue weighted by molar-refractivity contribution is 0.475. The third kappa shape index (κ3) is 3.43. The Kier molecular flexibility index (Phi) is 4.37. The summed E-state index contributed by atoms with van der Waals surface area (Å²) in [6.45, 7) is 0. The third-order valence-corrected chi connectivity index (χ3v) is 4.90. The molecule has 1 atom stereocenters. The molecule has 3 aromatic heterocycles. The Morgan fingerprint density at radius 2 is 2.00 bits per heavy atom. The molecule has 3 N–H and O–H groups in total. The molecule has 0 saturated carbocycles. The summed E-state index contributed by atoms with van der Waals surface area (Å²) in [4.78, 5) is 13.0. The molecule has 4 rings (SSSR count). The number of hydrogen-bond acceptors (Lipinski definition) is 6. The molecule has 7 heteroatoms. The fraction of sp³-hybridized carbons (Fsp3) is 0.105. The number of phenolic OH excluding ortho intramolecular Hbond substituents is 1. The Labute approximate surface area is 154 Å². The summed E-state index contributed by atoms with van der Waals surface area (Å²) in [5.41, 5.74) is 8.93. The highest BCUT2D eigenvalue weighted by atomic mass is 32.1. The van der Waals surface area contributed by atoms with E-state index in [-0.39, 0.29) is 11.7 Å². The zero-order valence-corrected chi connectivity index (χ0v) is 14.7. The lowest BCUT2D eigenvalue weighted by Gasteiger charge is -2.16. The number of nitrogen functional groups attached to an aromatic ring is 1. The molecule has 0 aliphatic heterocycles. The summed E-state index contributed by atoms with van der Waals surface area (Å²) in [6, 6.07) is 11.3. The van der Waals surface area contributed by atoms with Crippen molar-refractivity contribution in [1.29, 1.82) is 0 Å². The molecule has 26 heavy (non-hydrogen) atoms. The Morgan fingerprint density at radius 1 is 1.15 bits per heavy atom. The molecule has 0 fully saturated rings. The lowest BCUT2D eigenvalue weighted by Crippen LogP contribution is -2.07. The van der Waals surface area contributed by atoms with E-state index in [1.807, 2.05) is 40.5 Å². The minimum absolute atomic E-state index is 0.0463. The van der Waals surface area contributed by atoms with E-state index in [1.165, 1.54) is 11.3 Å². The zero-order chi connectivity index (χ0) is 17.9. The van der Waals surface area contributed by atoms with Crippen LogP contribution in [-0.4, -0.2) is 24.6 Å². The maximum absolute atomic E-state index is 9.57. The standard InChI is InChI=1S/C19H17N5OS/c20-19-23-17(11-26-19)16(14-2-4-15(25)5-3-14)9-13-1-6-18(22-10-13)24-8-7-21-12-24/h1-8,10-12,16,25H,9H2,(H2,20,23). The van der Waals surface area contributed by atoms with Crippen LogP contribution < -0.4 is 5.73 Å². The normalized spacial score (nSPS) is 12.2. The van der Waals surface area contributed by atoms with Crippen LogP contribution in [0.2, 0.25) is 0 Å². The maximum atomic E-state index is 9.57. The number of benzene rings is 1. The molecule has 0 spiro atoms. The number of phenols is 1. The first kappa shape index (κ1) is 16.3. The average Bonchev–Trinajstić information content (AvgIpc) is 3.33. The number of imidazole rings is 1. The number of nitrogens with zero attached hydrogens (tertiary/aromatic N) is 4. The lowest BCUT2D eigenvalue weighted by atomic mass is 9.90. The largest absolute Gasteiger partial charge is 0.508 e. The smallest absolute Gasteiger partial charge is 0.180 e. The van der Waals surface area contributed by atoms with E-state index in [4.69, 9.17) is 5.73 Å². The van der Waals surface area contributed by atoms with Gasteiger partial charge in [-0.1, -0.05) is 18.2 Å². The van der Waals surface area contributed by atoms with Crippen molar-refractivity contribution >= 4 is 16.5 Å². The Morgan fingerprint density at radius 3 is 2.62 bits per heavy atom. The van der Waals surface area contributed by atoms with Gasteiger partial charge < -0.3 is 10.8 Å². The van der Waals surface area contributed by atoms with Crippen LogP contribution in [0.1, 0.15) is 22.7 Å². The van der Waals surface area contributed by atoms with E-state index in [9.17, 15) is 5.11 Å². The molecule has 0 bridgehead atoms. The van der Waals surface area contributed by atoms with Gasteiger partial charge in [-0.15, -0.1) is 11.3 Å². The summed E-state index contributed by atoms with van der Waals surface area (Å²) < 4.78 is 1.86. The van der Waals surface area contributed by atoms with E-state index in [0.717, 1.165) is 29.1 Å². The predicted octanol–water partition coefficient (Wildman–Crippen LogP) is 3.39. The number of rotatable bonds is 5. The van der Waals surface area contributed by atoms with Crippen molar-refractivity contribution in [3.63, 3.8) is 0 Å². The maximum Gasteiger partial charge on any atom is 0.180 e. The minimum Gasteiger partial charge on any atom is -0.508 e. The second-order valence-electron chi connectivity index (χ2n) is 5.95. The van der Waals surface area contributed by atoms with Gasteiger partial charge in [0.1, 0.15) is 17.9 Å². The summed E-state index contributed by atoms with van der Waals surface area (Å²) in [5, 5.41) is 12.1. The van der Waals surface area contributed by atoms with E-state index in [1.54, 1.807) is 24.7 Å². The fourth-order valence-corrected chi connectivity index (χ4v) is 3.50. The van der Waals surface area contributed by atoms with Gasteiger partial charge in [-0.05, 0) is 35.7 Å². The SMILES string of the molecule is Nc1nc(C(Cc2ccc(-n3ccnc3)nc2)c2ccc(O)cc2)cs1. The highest BCUT2D eigenvalue weighted by Crippen LogP contribution is 2.31. The van der Waals surface area contributed by atoms with Crippen molar-refractivity contribution in [1.82, 2.24) is 19.5 Å². The first-order chi connectivity index (χ1) is 12.7. The second kappa shape index (κ2) is 6.97. The highest BCUT2D eigenvalue weighted by Gasteiger charge is 2.18. The average molecular weight is 363 g/mol. The second-order valence-corrected chi connectivity index (χ2v) is 6.84. The molecule has 0 aliphatic carbocycles. The Bertz CT molecular complexity index is 978. The van der Waals surface area contributed by atoms with Gasteiger partial charge in [-0.3, -0.25) is 4.57 Å². The van der Waals surface area contributed by atoms with Crippen molar-refractivity contribution in [3.8, 4) is 11.6 Å². The van der Waals surface area contributed by atoms with E-state index in [0.29, 0.717) is 5.13 Å². The number of aromatic nitrogens is 4. The molecule has 1 unspecified atom stereocenters. The molecule has 3 heterocycles. The van der Waals surface area contributed by atoms with Gasteiger partial charge in [0.05, 0.1) is 5.69 Å². The fourth-order valence-electron chi connectivity index (χ4n) is 2.88. The molecular weight excluding hydrogens is 346 g/mol. The van der Waals surface area contributed by atoms with Crippen LogP contribution >= 0.6 is 11.3 Å². The van der Waals surface area contributed by atoms with Crippen molar-refractivity contribution in [2.24, 2.45) is 0 Å². The van der Waals surface area contributed by atoms with Crippen LogP contribution in [0.5, 0.6) is 5.75 Å². The molecule has 0 radical (unpaired) electrons. The van der Waals surface area contributed by atoms with Gasteiger partial charge in [0, 0.05) is 29.9 Å². The third-order valence-electron chi connectivity index (χ3n) is 4.21. The molecule has 4 aromatic rings. The van der Waals surface area contributed by atoms with Crippen molar-refractivity contribution in [3.05, 3.63) is 83.5 Å². The molecule has 0 saturated heterocycles. The van der Waals surface area contributed by atoms with Gasteiger partial charge in [0.2, 0.25) is 0 Å². The summed E-state index contributed by atoms with van der Waals surface area (Å²) in [7, 11) is 0. The van der Waals surface area contributed by atoms with Crippen molar-refractivity contribution < 1.29 is 5.11 Å². The van der Waals surface area contributed by atoms with E-state index < -0.39 is 0 Å². The predicted molar refractivity (Wildman–Crippen MR) is 102 cm³/mol. The van der Waals surface area contributed by atoms with Gasteiger partial charge >= 0.3 is 0 Å². The molecule has 1 aromatic carbocycles. The van der Waals surface area contributed by atoms with Crippen molar-refractivity contribution in [2.75, 3.05) is 5.73 Å². The number of pyridine rings is 1. The monoisotopic (exact) mass is 363 g/mol. The number of anilines is 1. The number of thiazole rings is 1. The number of hydrogen-bond donors (Lipinski definition) is 2. The van der Waals surface area contributed by atoms with Crippen LogP contribution in [0, 0.1) is 0 Å². The Hall–Kier alpha value is -3.19. The van der Waals surface area contributed by atoms with Gasteiger partial charge in [-0.2, -0.15) is 0 Å². The Balaban J connectivity index is 1.63. The van der Waals surface area contributed by atoms with Gasteiger partial charge in [-0.25, -0.2) is 15.0 Å². The van der Waals surface area contributed by atoms with Crippen LogP contribution in [0.15, 0.2) is 66.7 Å². The quantitative estimate of drug-likeness (QED) is 0.567. The molecule has 0 amide bonds. The van der Waals surface area contributed by atoms with E-state index in [2.05, 4.69) is 21.0 Å². The summed E-state index contributed by atoms with van der Waals surface area (Å²) in [6.07, 6.45) is 7.92. The summed E-state index contributed by atoms with van der Waals surface area (Å²) in [5.74, 6) is 1.12. The van der Waals surface area contributed by atoms with Gasteiger partial charge in [0.25, 0.3) is 0 Å². The van der Waals surface area contributed by atoms with Crippen LogP contribution in [0.4, 0.5) is 5.13 Å². The van der Waals surface area contributed by atoms with E-state index >= 15 is 0 Å². The first-order valence-electron chi connectivity index (χ1n) is 8.12. The first-order valence-corrected chi connectivity index (χ1v) is 9.00. The molecular formula is C19H17N5OS. The number of aromatic hydroxyl groups is 1. The topological polar surface area (TPSA) is 89.9 Å².